The van der Waals surface area contributed by atoms with Gasteiger partial charge in [-0.15, -0.1) is 0 Å². The zero-order valence-electron chi connectivity index (χ0n) is 18.9. The molecule has 2 heterocycles. The van der Waals surface area contributed by atoms with E-state index in [4.69, 9.17) is 23.2 Å². The standard InChI is InChI=1S/C17H13Cl2NO2S.C10H13N/c18-15-5-1-13(2-6-15)17(14-3-7-16(19)8-4-14)20-9-12(10-20)11-23(21)22;1-9-5-2-3-6-10(9)11-7-4-8-11/h1-8,17H,9-10H2;2-3,5-6H,4,7-8H2,1H3. The maximum absolute atomic E-state index is 10.7. The van der Waals surface area contributed by atoms with E-state index in [-0.39, 0.29) is 6.04 Å². The molecule has 0 atom stereocenters. The zero-order chi connectivity index (χ0) is 24.1. The lowest BCUT2D eigenvalue weighted by Crippen LogP contribution is -2.43. The number of hydrogen-bond acceptors (Lipinski definition) is 4. The molecule has 0 N–H and O–H groups in total. The molecular formula is C27H26Cl2N2O2S. The molecule has 4 nitrogen and oxygen atoms in total. The average molecular weight is 513 g/mol. The Kier molecular flexibility index (Phi) is 8.15. The molecule has 0 amide bonds. The third kappa shape index (κ3) is 6.12. The van der Waals surface area contributed by atoms with Crippen molar-refractivity contribution in [3.05, 3.63) is 105 Å². The predicted molar refractivity (Wildman–Crippen MR) is 142 cm³/mol. The van der Waals surface area contributed by atoms with Crippen molar-refractivity contribution in [2.24, 2.45) is 0 Å². The summed E-state index contributed by atoms with van der Waals surface area (Å²) in [6, 6.07) is 24.0. The Morgan fingerprint density at radius 1 is 0.824 bits per heavy atom. The van der Waals surface area contributed by atoms with E-state index < -0.39 is 10.3 Å². The highest BCUT2D eigenvalue weighted by atomic mass is 35.5. The molecule has 0 radical (unpaired) electrons. The van der Waals surface area contributed by atoms with E-state index in [0.29, 0.717) is 23.1 Å². The van der Waals surface area contributed by atoms with Crippen LogP contribution in [0, 0.1) is 6.92 Å². The van der Waals surface area contributed by atoms with E-state index in [2.05, 4.69) is 46.0 Å². The van der Waals surface area contributed by atoms with Gasteiger partial charge in [0.25, 0.3) is 10.3 Å². The quantitative estimate of drug-likeness (QED) is 0.413. The molecule has 2 aliphatic heterocycles. The highest BCUT2D eigenvalue weighted by Gasteiger charge is 2.30. The van der Waals surface area contributed by atoms with Gasteiger partial charge in [-0.05, 0) is 60.4 Å². The molecule has 0 spiro atoms. The van der Waals surface area contributed by atoms with Gasteiger partial charge in [-0.2, -0.15) is 8.42 Å². The topological polar surface area (TPSA) is 40.6 Å². The van der Waals surface area contributed by atoms with Gasteiger partial charge in [-0.3, -0.25) is 4.90 Å². The second kappa shape index (κ2) is 11.3. The Bertz CT molecular complexity index is 1250. The lowest BCUT2D eigenvalue weighted by molar-refractivity contribution is 0.205. The summed E-state index contributed by atoms with van der Waals surface area (Å²) in [5.74, 6) is 0. The van der Waals surface area contributed by atoms with Crippen LogP contribution in [0.15, 0.2) is 78.4 Å². The van der Waals surface area contributed by atoms with Crippen LogP contribution in [0.5, 0.6) is 0 Å². The number of anilines is 1. The summed E-state index contributed by atoms with van der Waals surface area (Å²) in [6.07, 6.45) is 1.36. The number of halogens is 2. The van der Waals surface area contributed by atoms with Gasteiger partial charge < -0.3 is 4.90 Å². The molecule has 0 bridgehead atoms. The largest absolute Gasteiger partial charge is 0.371 e. The lowest BCUT2D eigenvalue weighted by Gasteiger charge is -2.39. The number of para-hydroxylation sites is 1. The van der Waals surface area contributed by atoms with Gasteiger partial charge in [0, 0.05) is 52.5 Å². The van der Waals surface area contributed by atoms with Crippen molar-refractivity contribution in [2.45, 2.75) is 19.4 Å². The fourth-order valence-corrected chi connectivity index (χ4v) is 4.81. The Morgan fingerprint density at radius 2 is 1.35 bits per heavy atom. The van der Waals surface area contributed by atoms with E-state index in [0.717, 1.165) is 16.7 Å². The minimum Gasteiger partial charge on any atom is -0.371 e. The van der Waals surface area contributed by atoms with E-state index in [9.17, 15) is 8.42 Å². The molecule has 176 valence electrons. The Labute approximate surface area is 212 Å². The summed E-state index contributed by atoms with van der Waals surface area (Å²) >= 11 is 12.0. The van der Waals surface area contributed by atoms with Crippen LogP contribution < -0.4 is 4.90 Å². The highest BCUT2D eigenvalue weighted by Crippen LogP contribution is 2.34. The average Bonchev–Trinajstić information content (AvgIpc) is 2.75. The van der Waals surface area contributed by atoms with Crippen molar-refractivity contribution in [3.63, 3.8) is 0 Å². The molecule has 0 aromatic heterocycles. The molecule has 3 aromatic rings. The van der Waals surface area contributed by atoms with Gasteiger partial charge in [0.15, 0.2) is 0 Å². The third-order valence-corrected chi connectivity index (χ3v) is 7.02. The fraction of sp³-hybridized carbons (Fsp3) is 0.259. The summed E-state index contributed by atoms with van der Waals surface area (Å²) in [4.78, 5) is 4.61. The number of likely N-dealkylation sites (tertiary alicyclic amines) is 1. The maximum atomic E-state index is 10.7. The smallest absolute Gasteiger partial charge is 0.260 e. The highest BCUT2D eigenvalue weighted by molar-refractivity contribution is 7.70. The summed E-state index contributed by atoms with van der Waals surface area (Å²) in [5, 5.41) is 3.80. The molecule has 34 heavy (non-hydrogen) atoms. The van der Waals surface area contributed by atoms with Crippen molar-refractivity contribution < 1.29 is 8.42 Å². The van der Waals surface area contributed by atoms with Crippen molar-refractivity contribution >= 4 is 44.2 Å². The number of benzene rings is 3. The predicted octanol–water partition coefficient (Wildman–Crippen LogP) is 5.81. The van der Waals surface area contributed by atoms with Crippen LogP contribution in [0.3, 0.4) is 0 Å². The minimum atomic E-state index is -2.27. The molecular weight excluding hydrogens is 487 g/mol. The van der Waals surface area contributed by atoms with Crippen LogP contribution in [-0.2, 0) is 10.3 Å². The van der Waals surface area contributed by atoms with Gasteiger partial charge >= 0.3 is 0 Å². The van der Waals surface area contributed by atoms with Crippen molar-refractivity contribution in [1.82, 2.24) is 4.90 Å². The Hall–Kier alpha value is -2.53. The van der Waals surface area contributed by atoms with Crippen LogP contribution >= 0.6 is 23.2 Å². The van der Waals surface area contributed by atoms with Crippen LogP contribution in [0.25, 0.3) is 0 Å². The number of hydrogen-bond donors (Lipinski definition) is 0. The second-order valence-corrected chi connectivity index (χ2v) is 10.0. The Balaban J connectivity index is 0.000000207. The summed E-state index contributed by atoms with van der Waals surface area (Å²) in [6.45, 7) is 5.80. The van der Waals surface area contributed by atoms with Crippen molar-refractivity contribution in [1.29, 1.82) is 0 Å². The summed E-state index contributed by atoms with van der Waals surface area (Å²) < 4.78 is 21.4. The first-order valence-corrected chi connectivity index (χ1v) is 13.0. The normalized spacial score (nSPS) is 15.1. The maximum Gasteiger partial charge on any atom is 0.260 e. The Morgan fingerprint density at radius 3 is 1.79 bits per heavy atom. The van der Waals surface area contributed by atoms with E-state index in [1.165, 1.54) is 30.8 Å². The molecule has 7 heteroatoms. The van der Waals surface area contributed by atoms with E-state index >= 15 is 0 Å². The van der Waals surface area contributed by atoms with Crippen LogP contribution in [0.2, 0.25) is 10.0 Å². The molecule has 0 saturated carbocycles. The molecule has 5 rings (SSSR count). The molecule has 3 aromatic carbocycles. The fourth-order valence-electron chi connectivity index (χ4n) is 4.19. The van der Waals surface area contributed by atoms with Crippen molar-refractivity contribution in [2.75, 3.05) is 31.1 Å². The van der Waals surface area contributed by atoms with Crippen LogP contribution in [0.1, 0.15) is 29.2 Å². The molecule has 0 unspecified atom stereocenters. The van der Waals surface area contributed by atoms with Gasteiger partial charge in [0.1, 0.15) is 0 Å². The second-order valence-electron chi connectivity index (χ2n) is 8.48. The van der Waals surface area contributed by atoms with Crippen LogP contribution in [0.4, 0.5) is 5.69 Å². The van der Waals surface area contributed by atoms with E-state index in [1.54, 1.807) is 0 Å². The lowest BCUT2D eigenvalue weighted by atomic mass is 9.93. The first-order chi connectivity index (χ1) is 16.4. The SMILES string of the molecule is Cc1ccccc1N1CCC1.O=S(=O)=C=C1CN(C(c2ccc(Cl)cc2)c2ccc(Cl)cc2)C1. The molecule has 0 aliphatic carbocycles. The molecule has 2 aliphatic rings. The molecule has 2 saturated heterocycles. The van der Waals surface area contributed by atoms with Gasteiger partial charge in [-0.25, -0.2) is 0 Å². The first kappa shape index (κ1) is 24.6. The summed E-state index contributed by atoms with van der Waals surface area (Å²) in [5.41, 5.74) is 5.79. The third-order valence-electron chi connectivity index (χ3n) is 6.06. The minimum absolute atomic E-state index is 0.0233. The van der Waals surface area contributed by atoms with Gasteiger partial charge in [0.2, 0.25) is 0 Å². The van der Waals surface area contributed by atoms with Crippen LogP contribution in [-0.4, -0.2) is 44.5 Å². The number of rotatable bonds is 4. The van der Waals surface area contributed by atoms with E-state index in [1.807, 2.05) is 48.5 Å². The number of nitrogens with zero attached hydrogens (tertiary/aromatic N) is 2. The first-order valence-electron chi connectivity index (χ1n) is 11.2. The monoisotopic (exact) mass is 512 g/mol. The summed E-state index contributed by atoms with van der Waals surface area (Å²) in [7, 11) is -2.27. The van der Waals surface area contributed by atoms with Gasteiger partial charge in [0.05, 0.1) is 6.04 Å². The zero-order valence-corrected chi connectivity index (χ0v) is 21.2. The van der Waals surface area contributed by atoms with Gasteiger partial charge in [-0.1, -0.05) is 65.7 Å². The number of aryl methyl sites for hydroxylation is 1. The molecule has 2 fully saturated rings. The van der Waals surface area contributed by atoms with Crippen molar-refractivity contribution in [3.8, 4) is 0 Å².